The number of pyridine rings is 1. The number of rotatable bonds is 11. The molecule has 338 valence electrons. The predicted molar refractivity (Wildman–Crippen MR) is 297 cm³/mol. The van der Waals surface area contributed by atoms with Crippen molar-refractivity contribution in [1.29, 1.82) is 0 Å². The lowest BCUT2D eigenvalue weighted by Gasteiger charge is -2.16. The highest BCUT2D eigenvalue weighted by molar-refractivity contribution is 5.88. The van der Waals surface area contributed by atoms with Crippen LogP contribution in [0.3, 0.4) is 0 Å². The van der Waals surface area contributed by atoms with E-state index in [1.165, 1.54) is 0 Å². The van der Waals surface area contributed by atoms with Crippen LogP contribution in [-0.2, 0) is 0 Å². The summed E-state index contributed by atoms with van der Waals surface area (Å²) >= 11 is 0. The Bertz CT molecular complexity index is 3510. The molecule has 0 N–H and O–H groups in total. The molecule has 0 atom stereocenters. The molecule has 0 unspecified atom stereocenters. The Morgan fingerprint density at radius 2 is 0.375 bits per heavy atom. The van der Waals surface area contributed by atoms with Crippen LogP contribution >= 0.6 is 0 Å². The quantitative estimate of drug-likeness (QED) is 0.130. The van der Waals surface area contributed by atoms with E-state index in [4.69, 9.17) is 19.9 Å². The van der Waals surface area contributed by atoms with Crippen LogP contribution in [0.15, 0.2) is 279 Å². The van der Waals surface area contributed by atoms with E-state index in [0.717, 1.165) is 106 Å². The van der Waals surface area contributed by atoms with Gasteiger partial charge in [-0.15, -0.1) is 0 Å². The number of hydrogen-bond acceptors (Lipinski definition) is 4. The molecule has 10 aromatic carbocycles. The first-order chi connectivity index (χ1) is 35.6. The summed E-state index contributed by atoms with van der Waals surface area (Å²) in [5.41, 5.74) is 20.1. The van der Waals surface area contributed by atoms with Crippen LogP contribution in [0.1, 0.15) is 0 Å². The fourth-order valence-corrected chi connectivity index (χ4v) is 9.38. The maximum absolute atomic E-state index is 5.44. The minimum Gasteiger partial charge on any atom is -0.248 e. The Kier molecular flexibility index (Phi) is 12.0. The third-order valence-electron chi connectivity index (χ3n) is 13.1. The van der Waals surface area contributed by atoms with Gasteiger partial charge in [-0.1, -0.05) is 218 Å². The van der Waals surface area contributed by atoms with Gasteiger partial charge in [-0.3, -0.25) is 0 Å². The zero-order chi connectivity index (χ0) is 48.1. The molecule has 4 heteroatoms. The second-order valence-electron chi connectivity index (χ2n) is 17.9. The van der Waals surface area contributed by atoms with Crippen LogP contribution < -0.4 is 0 Å². The van der Waals surface area contributed by atoms with Crippen LogP contribution in [0, 0.1) is 0 Å². The highest BCUT2D eigenvalue weighted by Gasteiger charge is 2.17. The van der Waals surface area contributed by atoms with Gasteiger partial charge in [0, 0.05) is 27.8 Å². The lowest BCUT2D eigenvalue weighted by atomic mass is 9.89. The summed E-state index contributed by atoms with van der Waals surface area (Å²) in [7, 11) is 0. The number of hydrogen-bond donors (Lipinski definition) is 0. The maximum atomic E-state index is 5.44. The summed E-state index contributed by atoms with van der Waals surface area (Å²) in [6.07, 6.45) is 0. The van der Waals surface area contributed by atoms with E-state index < -0.39 is 0 Å². The van der Waals surface area contributed by atoms with E-state index in [0.29, 0.717) is 17.5 Å². The zero-order valence-electron chi connectivity index (χ0n) is 39.3. The van der Waals surface area contributed by atoms with Gasteiger partial charge in [0.15, 0.2) is 17.5 Å². The van der Waals surface area contributed by atoms with Gasteiger partial charge in [0.05, 0.1) is 11.4 Å². The first-order valence-corrected chi connectivity index (χ1v) is 24.3. The molecule has 0 aliphatic heterocycles. The topological polar surface area (TPSA) is 51.6 Å². The molecule has 12 aromatic rings. The molecule has 0 aliphatic carbocycles. The minimum atomic E-state index is 0.616. The largest absolute Gasteiger partial charge is 0.248 e. The Balaban J connectivity index is 1.02. The molecule has 72 heavy (non-hydrogen) atoms. The van der Waals surface area contributed by atoms with Gasteiger partial charge in [0.25, 0.3) is 0 Å². The van der Waals surface area contributed by atoms with Gasteiger partial charge < -0.3 is 0 Å². The Morgan fingerprint density at radius 1 is 0.139 bits per heavy atom. The van der Waals surface area contributed by atoms with E-state index in [1.54, 1.807) is 0 Å². The molecular weight excluding hydrogens is 873 g/mol. The van der Waals surface area contributed by atoms with Crippen LogP contribution in [-0.4, -0.2) is 19.9 Å². The van der Waals surface area contributed by atoms with Gasteiger partial charge in [-0.25, -0.2) is 19.9 Å². The molecule has 0 radical (unpaired) electrons. The molecule has 12 rings (SSSR count). The fourth-order valence-electron chi connectivity index (χ4n) is 9.38. The normalized spacial score (nSPS) is 11.1. The molecular formula is C68H46N4. The second kappa shape index (κ2) is 19.8. The van der Waals surface area contributed by atoms with Crippen molar-refractivity contribution in [1.82, 2.24) is 19.9 Å². The predicted octanol–water partition coefficient (Wildman–Crippen LogP) is 17.6. The molecule has 2 heterocycles. The van der Waals surface area contributed by atoms with Crippen LogP contribution in [0.5, 0.6) is 0 Å². The fraction of sp³-hybridized carbons (Fsp3) is 0. The van der Waals surface area contributed by atoms with E-state index in [1.807, 2.05) is 60.7 Å². The van der Waals surface area contributed by atoms with Gasteiger partial charge in [0.1, 0.15) is 0 Å². The minimum absolute atomic E-state index is 0.616. The highest BCUT2D eigenvalue weighted by Crippen LogP contribution is 2.40. The van der Waals surface area contributed by atoms with E-state index >= 15 is 0 Å². The maximum Gasteiger partial charge on any atom is 0.164 e. The van der Waals surface area contributed by atoms with Crippen molar-refractivity contribution in [2.45, 2.75) is 0 Å². The molecule has 0 bridgehead atoms. The van der Waals surface area contributed by atoms with Crippen molar-refractivity contribution in [3.05, 3.63) is 279 Å². The van der Waals surface area contributed by atoms with Crippen molar-refractivity contribution in [3.8, 4) is 123 Å². The summed E-state index contributed by atoms with van der Waals surface area (Å²) < 4.78 is 0. The van der Waals surface area contributed by atoms with E-state index in [-0.39, 0.29) is 0 Å². The summed E-state index contributed by atoms with van der Waals surface area (Å²) in [5.74, 6) is 1.88. The van der Waals surface area contributed by atoms with Crippen molar-refractivity contribution < 1.29 is 0 Å². The Labute approximate surface area is 420 Å². The third-order valence-corrected chi connectivity index (χ3v) is 13.1. The van der Waals surface area contributed by atoms with Crippen LogP contribution in [0.2, 0.25) is 0 Å². The lowest BCUT2D eigenvalue weighted by molar-refractivity contribution is 1.07. The summed E-state index contributed by atoms with van der Waals surface area (Å²) in [4.78, 5) is 20.5. The smallest absolute Gasteiger partial charge is 0.164 e. The second-order valence-corrected chi connectivity index (χ2v) is 17.9. The third kappa shape index (κ3) is 9.41. The monoisotopic (exact) mass is 918 g/mol. The van der Waals surface area contributed by atoms with Crippen molar-refractivity contribution >= 4 is 0 Å². The van der Waals surface area contributed by atoms with Crippen LogP contribution in [0.4, 0.5) is 0 Å². The lowest BCUT2D eigenvalue weighted by Crippen LogP contribution is -2.00. The average Bonchev–Trinajstić information content (AvgIpc) is 3.48. The molecule has 0 saturated carbocycles. The number of aromatic nitrogens is 4. The van der Waals surface area contributed by atoms with Gasteiger partial charge in [0.2, 0.25) is 0 Å². The number of nitrogens with zero attached hydrogens (tertiary/aromatic N) is 4. The molecule has 4 nitrogen and oxygen atoms in total. The van der Waals surface area contributed by atoms with Gasteiger partial charge in [-0.2, -0.15) is 0 Å². The van der Waals surface area contributed by atoms with E-state index in [9.17, 15) is 0 Å². The van der Waals surface area contributed by atoms with Crippen molar-refractivity contribution in [3.63, 3.8) is 0 Å². The molecule has 0 amide bonds. The van der Waals surface area contributed by atoms with Crippen LogP contribution in [0.25, 0.3) is 123 Å². The average molecular weight is 919 g/mol. The summed E-state index contributed by atoms with van der Waals surface area (Å²) in [6, 6.07) is 98.2. The highest BCUT2D eigenvalue weighted by atomic mass is 15.0. The first-order valence-electron chi connectivity index (χ1n) is 24.3. The molecule has 0 saturated heterocycles. The van der Waals surface area contributed by atoms with Crippen molar-refractivity contribution in [2.75, 3.05) is 0 Å². The number of benzene rings is 10. The molecule has 2 aromatic heterocycles. The first kappa shape index (κ1) is 43.6. The Morgan fingerprint density at radius 3 is 0.792 bits per heavy atom. The zero-order valence-corrected chi connectivity index (χ0v) is 39.3. The molecule has 0 aliphatic rings. The van der Waals surface area contributed by atoms with E-state index in [2.05, 4.69) is 218 Å². The van der Waals surface area contributed by atoms with Gasteiger partial charge >= 0.3 is 0 Å². The summed E-state index contributed by atoms with van der Waals surface area (Å²) in [5, 5.41) is 0. The molecule has 0 spiro atoms. The SMILES string of the molecule is c1ccc(-c2cc(-c3ccccc3)cc(-c3cc(-c4cccc(-c5cccc(-c6nc(-c7ccccc7)nc(-c7ccccc7)n6)c5)c4)cc(-c4cc(-c5ccccc5)cc(-c5ccccc5)n4)c3)c2)cc1. The van der Waals surface area contributed by atoms with Gasteiger partial charge in [-0.05, 0) is 127 Å². The Hall–Kier alpha value is -9.64. The summed E-state index contributed by atoms with van der Waals surface area (Å²) in [6.45, 7) is 0. The molecule has 0 fully saturated rings. The standard InChI is InChI=1S/C68H46N4/c1-7-21-47(22-8-1)57-39-58(48-23-9-2-10-24-48)41-60(40-57)61-42-59(43-63(44-61)65-46-62(49-25-11-3-12-26-49)45-64(69-65)50-27-13-4-14-28-50)55-35-19-33-53(37-55)54-34-20-36-56(38-54)68-71-66(51-29-15-5-16-30-51)70-67(72-68)52-31-17-6-18-32-52/h1-46H. The van der Waals surface area contributed by atoms with Crippen molar-refractivity contribution in [2.24, 2.45) is 0 Å².